The summed E-state index contributed by atoms with van der Waals surface area (Å²) in [5.41, 5.74) is 1.33. The van der Waals surface area contributed by atoms with Crippen molar-refractivity contribution in [2.45, 2.75) is 74.7 Å². The summed E-state index contributed by atoms with van der Waals surface area (Å²) < 4.78 is 6.75. The summed E-state index contributed by atoms with van der Waals surface area (Å²) in [5.74, 6) is -0.284. The second kappa shape index (κ2) is 7.35. The molecule has 1 fully saturated rings. The number of carbonyl (C=O) groups excluding carboxylic acids is 1. The summed E-state index contributed by atoms with van der Waals surface area (Å²) in [6.45, 7) is 1.81. The first-order valence-electron chi connectivity index (χ1n) is 9.41. The number of ether oxygens (including phenoxy) is 1. The summed E-state index contributed by atoms with van der Waals surface area (Å²) in [7, 11) is 1.40. The Kier molecular flexibility index (Phi) is 5.10. The van der Waals surface area contributed by atoms with Crippen molar-refractivity contribution in [3.63, 3.8) is 0 Å². The molecule has 0 bridgehead atoms. The molecular formula is C19H24N2O3S2. The predicted molar refractivity (Wildman–Crippen MR) is 105 cm³/mol. The van der Waals surface area contributed by atoms with Gasteiger partial charge >= 0.3 is 5.97 Å². The van der Waals surface area contributed by atoms with E-state index in [4.69, 9.17) is 9.72 Å². The van der Waals surface area contributed by atoms with E-state index in [0.29, 0.717) is 5.16 Å². The maximum Gasteiger partial charge on any atom is 0.318 e. The average molecular weight is 393 g/mol. The minimum Gasteiger partial charge on any atom is -0.468 e. The van der Waals surface area contributed by atoms with Crippen LogP contribution in [0.15, 0.2) is 9.95 Å². The predicted octanol–water partition coefficient (Wildman–Crippen LogP) is 4.11. The van der Waals surface area contributed by atoms with Crippen LogP contribution < -0.4 is 5.56 Å². The van der Waals surface area contributed by atoms with Gasteiger partial charge in [-0.15, -0.1) is 11.3 Å². The molecule has 2 aliphatic carbocycles. The van der Waals surface area contributed by atoms with Crippen molar-refractivity contribution < 1.29 is 9.53 Å². The molecule has 1 atom stereocenters. The molecule has 140 valence electrons. The van der Waals surface area contributed by atoms with E-state index in [9.17, 15) is 9.59 Å². The lowest BCUT2D eigenvalue weighted by atomic mass is 9.97. The molecule has 0 N–H and O–H groups in total. The topological polar surface area (TPSA) is 61.2 Å². The Hall–Kier alpha value is -1.34. The molecule has 5 nitrogen and oxygen atoms in total. The lowest BCUT2D eigenvalue weighted by Gasteiger charge is -2.19. The number of thioether (sulfide) groups is 1. The van der Waals surface area contributed by atoms with Gasteiger partial charge in [-0.3, -0.25) is 14.2 Å². The number of aromatic nitrogens is 2. The van der Waals surface area contributed by atoms with Crippen LogP contribution in [0.25, 0.3) is 10.2 Å². The van der Waals surface area contributed by atoms with Gasteiger partial charge in [0.25, 0.3) is 5.56 Å². The van der Waals surface area contributed by atoms with E-state index >= 15 is 0 Å². The maximum absolute atomic E-state index is 13.5. The van der Waals surface area contributed by atoms with Crippen molar-refractivity contribution in [1.82, 2.24) is 9.55 Å². The van der Waals surface area contributed by atoms with Crippen LogP contribution >= 0.6 is 23.1 Å². The minimum atomic E-state index is -0.383. The van der Waals surface area contributed by atoms with Crippen molar-refractivity contribution in [2.75, 3.05) is 7.11 Å². The van der Waals surface area contributed by atoms with Crippen molar-refractivity contribution in [3.8, 4) is 0 Å². The summed E-state index contributed by atoms with van der Waals surface area (Å²) in [6.07, 6.45) is 8.71. The average Bonchev–Trinajstić information content (AvgIpc) is 3.28. The highest BCUT2D eigenvalue weighted by Gasteiger charge is 2.28. The largest absolute Gasteiger partial charge is 0.468 e. The Morgan fingerprint density at radius 2 is 2.00 bits per heavy atom. The quantitative estimate of drug-likeness (QED) is 0.445. The standard InChI is InChI=1S/C19H24N2O3S2/c1-11(18(23)24-2)25-19-20-16-15(13-9-5-6-10-14(13)26-16)17(22)21(19)12-7-3-4-8-12/h11-12H,3-10H2,1-2H3/t11-/m1/s1. The Morgan fingerprint density at radius 1 is 1.27 bits per heavy atom. The highest BCUT2D eigenvalue weighted by Crippen LogP contribution is 2.38. The third-order valence-corrected chi connectivity index (χ3v) is 7.72. The number of hydrogen-bond acceptors (Lipinski definition) is 6. The minimum absolute atomic E-state index is 0.0980. The third-order valence-electron chi connectivity index (χ3n) is 5.49. The molecule has 7 heteroatoms. The molecular weight excluding hydrogens is 368 g/mol. The molecule has 0 aliphatic heterocycles. The van der Waals surface area contributed by atoms with Gasteiger partial charge in [0.1, 0.15) is 10.1 Å². The molecule has 4 rings (SSSR count). The zero-order chi connectivity index (χ0) is 18.3. The normalized spacial score (nSPS) is 18.8. The van der Waals surface area contributed by atoms with Crippen LogP contribution in [0.3, 0.4) is 0 Å². The number of hydrogen-bond donors (Lipinski definition) is 0. The molecule has 0 unspecified atom stereocenters. The van der Waals surface area contributed by atoms with Gasteiger partial charge in [0, 0.05) is 10.9 Å². The molecule has 0 amide bonds. The molecule has 0 spiro atoms. The van der Waals surface area contributed by atoms with Crippen LogP contribution in [0.4, 0.5) is 0 Å². The van der Waals surface area contributed by atoms with Crippen LogP contribution in [0.1, 0.15) is 61.9 Å². The molecule has 2 aliphatic rings. The van der Waals surface area contributed by atoms with E-state index in [1.165, 1.54) is 35.7 Å². The van der Waals surface area contributed by atoms with Gasteiger partial charge in [-0.25, -0.2) is 4.98 Å². The van der Waals surface area contributed by atoms with Crippen molar-refractivity contribution in [3.05, 3.63) is 20.8 Å². The SMILES string of the molecule is COC(=O)[C@@H](C)Sc1nc2sc3c(c2c(=O)n1C1CCCC1)CCCC3. The second-order valence-corrected chi connectivity index (χ2v) is 9.57. The summed E-state index contributed by atoms with van der Waals surface area (Å²) in [6, 6.07) is 0.200. The molecule has 2 aromatic heterocycles. The van der Waals surface area contributed by atoms with Gasteiger partial charge in [-0.1, -0.05) is 24.6 Å². The number of nitrogens with zero attached hydrogens (tertiary/aromatic N) is 2. The fraction of sp³-hybridized carbons (Fsp3) is 0.632. The second-order valence-electron chi connectivity index (χ2n) is 7.18. The van der Waals surface area contributed by atoms with Gasteiger partial charge in [0.05, 0.1) is 12.5 Å². The Labute approximate surface area is 161 Å². The van der Waals surface area contributed by atoms with E-state index in [-0.39, 0.29) is 22.8 Å². The number of aryl methyl sites for hydroxylation is 2. The summed E-state index contributed by atoms with van der Waals surface area (Å²) in [4.78, 5) is 32.4. The van der Waals surface area contributed by atoms with Gasteiger partial charge in [-0.05, 0) is 51.0 Å². The maximum atomic E-state index is 13.5. The van der Waals surface area contributed by atoms with E-state index in [2.05, 4.69) is 0 Å². The summed E-state index contributed by atoms with van der Waals surface area (Å²) in [5, 5.41) is 1.13. The Bertz CT molecular complexity index is 896. The van der Waals surface area contributed by atoms with Crippen LogP contribution in [-0.4, -0.2) is 27.9 Å². The third kappa shape index (κ3) is 3.09. The Morgan fingerprint density at radius 3 is 2.73 bits per heavy atom. The number of esters is 1. The molecule has 0 radical (unpaired) electrons. The smallest absolute Gasteiger partial charge is 0.318 e. The number of fused-ring (bicyclic) bond motifs is 3. The zero-order valence-corrected chi connectivity index (χ0v) is 16.9. The van der Waals surface area contributed by atoms with Gasteiger partial charge < -0.3 is 4.74 Å². The number of rotatable bonds is 4. The molecule has 0 saturated heterocycles. The lowest BCUT2D eigenvalue weighted by molar-refractivity contribution is -0.139. The summed E-state index contributed by atoms with van der Waals surface area (Å²) >= 11 is 3.02. The van der Waals surface area contributed by atoms with Crippen molar-refractivity contribution in [2.24, 2.45) is 0 Å². The first-order chi connectivity index (χ1) is 12.6. The van der Waals surface area contributed by atoms with Gasteiger partial charge in [0.15, 0.2) is 5.16 Å². The number of thiophene rings is 1. The van der Waals surface area contributed by atoms with Crippen LogP contribution in [0.5, 0.6) is 0 Å². The van der Waals surface area contributed by atoms with Crippen LogP contribution in [0.2, 0.25) is 0 Å². The van der Waals surface area contributed by atoms with Gasteiger partial charge in [0.2, 0.25) is 0 Å². The number of carbonyl (C=O) groups is 1. The molecule has 0 aromatic carbocycles. The molecule has 2 aromatic rings. The fourth-order valence-electron chi connectivity index (χ4n) is 4.14. The monoisotopic (exact) mass is 392 g/mol. The highest BCUT2D eigenvalue weighted by molar-refractivity contribution is 8.00. The zero-order valence-electron chi connectivity index (χ0n) is 15.2. The van der Waals surface area contributed by atoms with E-state index in [0.717, 1.165) is 55.2 Å². The van der Waals surface area contributed by atoms with Crippen molar-refractivity contribution in [1.29, 1.82) is 0 Å². The van der Waals surface area contributed by atoms with E-state index < -0.39 is 0 Å². The van der Waals surface area contributed by atoms with E-state index in [1.807, 2.05) is 11.5 Å². The highest BCUT2D eigenvalue weighted by atomic mass is 32.2. The number of methoxy groups -OCH3 is 1. The van der Waals surface area contributed by atoms with Crippen molar-refractivity contribution >= 4 is 39.3 Å². The molecule has 2 heterocycles. The van der Waals surface area contributed by atoms with E-state index in [1.54, 1.807) is 11.3 Å². The Balaban J connectivity index is 1.87. The first kappa shape index (κ1) is 18.0. The molecule has 1 saturated carbocycles. The lowest BCUT2D eigenvalue weighted by Crippen LogP contribution is -2.28. The first-order valence-corrected chi connectivity index (χ1v) is 11.1. The van der Waals surface area contributed by atoms with Crippen LogP contribution in [-0.2, 0) is 22.4 Å². The van der Waals surface area contributed by atoms with Crippen LogP contribution in [0, 0.1) is 0 Å². The molecule has 26 heavy (non-hydrogen) atoms. The fourth-order valence-corrected chi connectivity index (χ4v) is 6.45. The van der Waals surface area contributed by atoms with Gasteiger partial charge in [-0.2, -0.15) is 0 Å².